The van der Waals surface area contributed by atoms with Gasteiger partial charge in [0.15, 0.2) is 0 Å². The van der Waals surface area contributed by atoms with Crippen LogP contribution in [0.4, 0.5) is 5.69 Å². The van der Waals surface area contributed by atoms with Crippen LogP contribution in [-0.4, -0.2) is 37.3 Å². The molecule has 0 aromatic heterocycles. The molecular weight excluding hydrogens is 372 g/mol. The van der Waals surface area contributed by atoms with E-state index in [9.17, 15) is 9.59 Å². The van der Waals surface area contributed by atoms with Gasteiger partial charge in [-0.3, -0.25) is 9.59 Å². The van der Waals surface area contributed by atoms with Gasteiger partial charge in [-0.25, -0.2) is 0 Å². The summed E-state index contributed by atoms with van der Waals surface area (Å²) >= 11 is 1.72. The number of nitrogens with one attached hydrogen (secondary N) is 1. The highest BCUT2D eigenvalue weighted by molar-refractivity contribution is 7.99. The summed E-state index contributed by atoms with van der Waals surface area (Å²) in [6.45, 7) is 0.621. The molecule has 146 valence electrons. The van der Waals surface area contributed by atoms with Crippen LogP contribution in [0.2, 0.25) is 0 Å². The number of carbonyl (C=O) groups excluding carboxylic acids is 2. The first kappa shape index (κ1) is 18.9. The number of thioether (sulfide) groups is 1. The number of benzene rings is 2. The van der Waals surface area contributed by atoms with Gasteiger partial charge < -0.3 is 15.0 Å². The van der Waals surface area contributed by atoms with Crippen molar-refractivity contribution < 1.29 is 14.3 Å². The Morgan fingerprint density at radius 1 is 1.07 bits per heavy atom. The lowest BCUT2D eigenvalue weighted by atomic mass is 10.1. The number of anilines is 1. The monoisotopic (exact) mass is 396 g/mol. The minimum Gasteiger partial charge on any atom is -0.497 e. The van der Waals surface area contributed by atoms with E-state index in [0.29, 0.717) is 17.7 Å². The third kappa shape index (κ3) is 3.87. The van der Waals surface area contributed by atoms with Gasteiger partial charge in [-0.2, -0.15) is 0 Å². The van der Waals surface area contributed by atoms with Gasteiger partial charge in [-0.15, -0.1) is 11.8 Å². The topological polar surface area (TPSA) is 58.6 Å². The van der Waals surface area contributed by atoms with E-state index in [1.807, 2.05) is 18.2 Å². The molecule has 0 radical (unpaired) electrons. The number of hydrogen-bond donors (Lipinski definition) is 1. The Bertz CT molecular complexity index is 876. The minimum absolute atomic E-state index is 0.0536. The summed E-state index contributed by atoms with van der Waals surface area (Å²) in [5.41, 5.74) is 2.04. The fourth-order valence-corrected chi connectivity index (χ4v) is 4.77. The van der Waals surface area contributed by atoms with E-state index in [1.54, 1.807) is 48.0 Å². The molecule has 0 saturated heterocycles. The van der Waals surface area contributed by atoms with Crippen molar-refractivity contribution in [1.29, 1.82) is 0 Å². The van der Waals surface area contributed by atoms with Crippen molar-refractivity contribution in [3.63, 3.8) is 0 Å². The van der Waals surface area contributed by atoms with Gasteiger partial charge in [0.25, 0.3) is 11.8 Å². The number of methoxy groups -OCH3 is 1. The van der Waals surface area contributed by atoms with Crippen molar-refractivity contribution in [3.8, 4) is 5.75 Å². The average molecular weight is 397 g/mol. The van der Waals surface area contributed by atoms with Gasteiger partial charge in [0, 0.05) is 34.4 Å². The van der Waals surface area contributed by atoms with Gasteiger partial charge in [0.05, 0.1) is 12.8 Å². The van der Waals surface area contributed by atoms with Gasteiger partial charge in [-0.1, -0.05) is 12.8 Å². The molecule has 2 aromatic rings. The molecule has 6 heteroatoms. The molecule has 0 bridgehead atoms. The Hall–Kier alpha value is -2.47. The zero-order valence-electron chi connectivity index (χ0n) is 15.9. The van der Waals surface area contributed by atoms with Crippen LogP contribution in [0.15, 0.2) is 47.4 Å². The molecule has 2 aliphatic rings. The van der Waals surface area contributed by atoms with Gasteiger partial charge >= 0.3 is 0 Å². The number of ether oxygens (including phenoxy) is 1. The zero-order valence-corrected chi connectivity index (χ0v) is 16.8. The van der Waals surface area contributed by atoms with Crippen molar-refractivity contribution in [1.82, 2.24) is 5.32 Å². The molecule has 1 heterocycles. The molecule has 2 aromatic carbocycles. The number of hydrogen-bond acceptors (Lipinski definition) is 4. The molecular formula is C22H24N2O3S. The predicted molar refractivity (Wildman–Crippen MR) is 112 cm³/mol. The van der Waals surface area contributed by atoms with E-state index in [1.165, 1.54) is 12.8 Å². The largest absolute Gasteiger partial charge is 0.497 e. The number of fused-ring (bicyclic) bond motifs is 1. The summed E-state index contributed by atoms with van der Waals surface area (Å²) in [5, 5.41) is 3.13. The Morgan fingerprint density at radius 3 is 2.50 bits per heavy atom. The number of amides is 2. The van der Waals surface area contributed by atoms with Crippen molar-refractivity contribution in [3.05, 3.63) is 53.6 Å². The van der Waals surface area contributed by atoms with Crippen LogP contribution in [-0.2, 0) is 0 Å². The lowest BCUT2D eigenvalue weighted by Gasteiger charge is -2.29. The number of rotatable bonds is 4. The van der Waals surface area contributed by atoms with Gasteiger partial charge in [0.2, 0.25) is 0 Å². The fourth-order valence-electron chi connectivity index (χ4n) is 3.80. The molecule has 1 saturated carbocycles. The molecule has 4 rings (SSSR count). The van der Waals surface area contributed by atoms with Crippen LogP contribution in [0.1, 0.15) is 46.4 Å². The summed E-state index contributed by atoms with van der Waals surface area (Å²) in [6.07, 6.45) is 4.45. The predicted octanol–water partition coefficient (Wildman–Crippen LogP) is 4.12. The molecule has 0 spiro atoms. The molecule has 1 N–H and O–H groups in total. The van der Waals surface area contributed by atoms with Crippen LogP contribution in [0.3, 0.4) is 0 Å². The van der Waals surface area contributed by atoms with Crippen molar-refractivity contribution >= 4 is 29.3 Å². The van der Waals surface area contributed by atoms with E-state index in [4.69, 9.17) is 4.74 Å². The second-order valence-electron chi connectivity index (χ2n) is 7.17. The summed E-state index contributed by atoms with van der Waals surface area (Å²) in [4.78, 5) is 28.6. The van der Waals surface area contributed by atoms with Crippen LogP contribution in [0.25, 0.3) is 0 Å². The molecule has 1 aliphatic heterocycles. The molecule has 0 atom stereocenters. The molecule has 0 unspecified atom stereocenters. The smallest absolute Gasteiger partial charge is 0.258 e. The quantitative estimate of drug-likeness (QED) is 0.845. The highest BCUT2D eigenvalue weighted by atomic mass is 32.2. The fraction of sp³-hybridized carbons (Fsp3) is 0.364. The Balaban J connectivity index is 1.58. The second kappa shape index (κ2) is 8.27. The SMILES string of the molecule is COc1ccc(C(=O)N2CCSc3ccc(C(=O)NC4CCCC4)cc32)cc1. The first-order chi connectivity index (χ1) is 13.7. The summed E-state index contributed by atoms with van der Waals surface area (Å²) < 4.78 is 5.17. The Kier molecular flexibility index (Phi) is 5.57. The second-order valence-corrected chi connectivity index (χ2v) is 8.31. The van der Waals surface area contributed by atoms with E-state index >= 15 is 0 Å². The van der Waals surface area contributed by atoms with Crippen LogP contribution in [0, 0.1) is 0 Å². The standard InChI is InChI=1S/C22H24N2O3S/c1-27-18-9-6-15(7-10-18)22(26)24-12-13-28-20-11-8-16(14-19(20)24)21(25)23-17-4-2-3-5-17/h6-11,14,17H,2-5,12-13H2,1H3,(H,23,25). The van der Waals surface area contributed by atoms with E-state index < -0.39 is 0 Å². The van der Waals surface area contributed by atoms with Crippen LogP contribution < -0.4 is 15.0 Å². The lowest BCUT2D eigenvalue weighted by molar-refractivity contribution is 0.0935. The Labute approximate surface area is 169 Å². The highest BCUT2D eigenvalue weighted by Gasteiger charge is 2.26. The van der Waals surface area contributed by atoms with Gasteiger partial charge in [-0.05, 0) is 55.3 Å². The molecule has 2 amide bonds. The maximum atomic E-state index is 13.1. The maximum absolute atomic E-state index is 13.1. The number of nitrogens with zero attached hydrogens (tertiary/aromatic N) is 1. The van der Waals surface area contributed by atoms with Crippen LogP contribution in [0.5, 0.6) is 5.75 Å². The van der Waals surface area contributed by atoms with Crippen LogP contribution >= 0.6 is 11.8 Å². The summed E-state index contributed by atoms with van der Waals surface area (Å²) in [6, 6.07) is 13.1. The van der Waals surface area contributed by atoms with Crippen molar-refractivity contribution in [2.45, 2.75) is 36.6 Å². The highest BCUT2D eigenvalue weighted by Crippen LogP contribution is 2.36. The molecule has 5 nitrogen and oxygen atoms in total. The van der Waals surface area contributed by atoms with Crippen molar-refractivity contribution in [2.24, 2.45) is 0 Å². The molecule has 1 aliphatic carbocycles. The van der Waals surface area contributed by atoms with Crippen molar-refractivity contribution in [2.75, 3.05) is 24.3 Å². The third-order valence-electron chi connectivity index (χ3n) is 5.36. The number of carbonyl (C=O) groups is 2. The summed E-state index contributed by atoms with van der Waals surface area (Å²) in [5.74, 6) is 1.44. The average Bonchev–Trinajstić information content (AvgIpc) is 3.25. The third-order valence-corrected chi connectivity index (χ3v) is 6.40. The molecule has 1 fully saturated rings. The Morgan fingerprint density at radius 2 is 1.79 bits per heavy atom. The normalized spacial score (nSPS) is 16.5. The van der Waals surface area contributed by atoms with E-state index in [2.05, 4.69) is 5.32 Å². The zero-order chi connectivity index (χ0) is 19.5. The minimum atomic E-state index is -0.0578. The first-order valence-corrected chi connectivity index (χ1v) is 10.7. The summed E-state index contributed by atoms with van der Waals surface area (Å²) in [7, 11) is 1.60. The molecule has 28 heavy (non-hydrogen) atoms. The lowest BCUT2D eigenvalue weighted by Crippen LogP contribution is -2.36. The van der Waals surface area contributed by atoms with E-state index in [-0.39, 0.29) is 17.9 Å². The first-order valence-electron chi connectivity index (χ1n) is 9.69. The van der Waals surface area contributed by atoms with Gasteiger partial charge in [0.1, 0.15) is 5.75 Å². The van der Waals surface area contributed by atoms with E-state index in [0.717, 1.165) is 34.9 Å². The maximum Gasteiger partial charge on any atom is 0.258 e.